The van der Waals surface area contributed by atoms with Gasteiger partial charge in [0.2, 0.25) is 11.8 Å². The topological polar surface area (TPSA) is 95.2 Å². The number of aryl methyl sites for hydroxylation is 2. The minimum Gasteiger partial charge on any atom is -0.353 e. The SMILES string of the molecule is Cc1nc(C)c(CCC(=O)N2CCNC(=O)C2)c(=O)[nH]1. The van der Waals surface area contributed by atoms with Gasteiger partial charge in [0.05, 0.1) is 6.54 Å². The van der Waals surface area contributed by atoms with Crippen LogP contribution < -0.4 is 10.9 Å². The molecule has 1 saturated heterocycles. The molecule has 0 unspecified atom stereocenters. The summed E-state index contributed by atoms with van der Waals surface area (Å²) in [5.74, 6) is 0.310. The van der Waals surface area contributed by atoms with E-state index >= 15 is 0 Å². The van der Waals surface area contributed by atoms with Gasteiger partial charge >= 0.3 is 0 Å². The van der Waals surface area contributed by atoms with Crippen LogP contribution in [-0.4, -0.2) is 46.3 Å². The van der Waals surface area contributed by atoms with Gasteiger partial charge in [0, 0.05) is 30.8 Å². The number of nitrogens with zero attached hydrogens (tertiary/aromatic N) is 2. The number of hydrogen-bond donors (Lipinski definition) is 2. The number of hydrogen-bond acceptors (Lipinski definition) is 4. The summed E-state index contributed by atoms with van der Waals surface area (Å²) >= 11 is 0. The summed E-state index contributed by atoms with van der Waals surface area (Å²) in [5, 5.41) is 2.67. The molecule has 7 heteroatoms. The fourth-order valence-electron chi connectivity index (χ4n) is 2.29. The number of rotatable bonds is 3. The van der Waals surface area contributed by atoms with Crippen molar-refractivity contribution in [3.8, 4) is 0 Å². The van der Waals surface area contributed by atoms with Gasteiger partial charge in [0.15, 0.2) is 0 Å². The molecule has 7 nitrogen and oxygen atoms in total. The van der Waals surface area contributed by atoms with Gasteiger partial charge in [-0.3, -0.25) is 14.4 Å². The lowest BCUT2D eigenvalue weighted by atomic mass is 10.1. The molecule has 20 heavy (non-hydrogen) atoms. The van der Waals surface area contributed by atoms with Gasteiger partial charge in [-0.2, -0.15) is 0 Å². The average Bonchev–Trinajstić information content (AvgIpc) is 2.37. The van der Waals surface area contributed by atoms with Crippen LogP contribution in [0.3, 0.4) is 0 Å². The van der Waals surface area contributed by atoms with Crippen molar-refractivity contribution in [1.29, 1.82) is 0 Å². The Balaban J connectivity index is 2.00. The maximum Gasteiger partial charge on any atom is 0.254 e. The van der Waals surface area contributed by atoms with Crippen LogP contribution >= 0.6 is 0 Å². The summed E-state index contributed by atoms with van der Waals surface area (Å²) in [6.45, 7) is 4.58. The first-order valence-electron chi connectivity index (χ1n) is 6.58. The predicted molar refractivity (Wildman–Crippen MR) is 72.2 cm³/mol. The normalized spacial score (nSPS) is 15.1. The second-order valence-corrected chi connectivity index (χ2v) is 4.88. The van der Waals surface area contributed by atoms with Crippen LogP contribution in [-0.2, 0) is 16.0 Å². The van der Waals surface area contributed by atoms with Crippen LogP contribution in [0.25, 0.3) is 0 Å². The molecular weight excluding hydrogens is 260 g/mol. The molecule has 2 N–H and O–H groups in total. The lowest BCUT2D eigenvalue weighted by Crippen LogP contribution is -2.50. The highest BCUT2D eigenvalue weighted by atomic mass is 16.2. The molecule has 2 amide bonds. The second kappa shape index (κ2) is 5.85. The summed E-state index contributed by atoms with van der Waals surface area (Å²) in [6.07, 6.45) is 0.549. The first-order valence-corrected chi connectivity index (χ1v) is 6.58. The third-order valence-corrected chi connectivity index (χ3v) is 3.32. The smallest absolute Gasteiger partial charge is 0.254 e. The number of carbonyl (C=O) groups excluding carboxylic acids is 2. The molecule has 1 aliphatic heterocycles. The molecule has 1 aromatic heterocycles. The zero-order chi connectivity index (χ0) is 14.7. The minimum atomic E-state index is -0.195. The quantitative estimate of drug-likeness (QED) is 0.762. The van der Waals surface area contributed by atoms with E-state index in [0.717, 1.165) is 0 Å². The van der Waals surface area contributed by atoms with E-state index in [-0.39, 0.29) is 30.3 Å². The Morgan fingerprint density at radius 1 is 1.35 bits per heavy atom. The molecule has 0 aromatic carbocycles. The Morgan fingerprint density at radius 3 is 2.75 bits per heavy atom. The molecule has 2 heterocycles. The highest BCUT2D eigenvalue weighted by molar-refractivity contribution is 5.85. The number of amides is 2. The van der Waals surface area contributed by atoms with Gasteiger partial charge in [-0.15, -0.1) is 0 Å². The average molecular weight is 278 g/mol. The lowest BCUT2D eigenvalue weighted by molar-refractivity contribution is -0.138. The van der Waals surface area contributed by atoms with E-state index in [1.807, 2.05) is 0 Å². The van der Waals surface area contributed by atoms with Gasteiger partial charge in [-0.05, 0) is 20.3 Å². The van der Waals surface area contributed by atoms with Crippen LogP contribution in [0.5, 0.6) is 0 Å². The fraction of sp³-hybridized carbons (Fsp3) is 0.538. The van der Waals surface area contributed by atoms with Crippen LogP contribution in [0, 0.1) is 13.8 Å². The summed E-state index contributed by atoms with van der Waals surface area (Å²) in [7, 11) is 0. The van der Waals surface area contributed by atoms with Gasteiger partial charge in [0.1, 0.15) is 5.82 Å². The Labute approximate surface area is 116 Å². The van der Waals surface area contributed by atoms with E-state index in [2.05, 4.69) is 15.3 Å². The Kier molecular flexibility index (Phi) is 4.16. The summed E-state index contributed by atoms with van der Waals surface area (Å²) in [5.41, 5.74) is 0.986. The van der Waals surface area contributed by atoms with E-state index in [1.165, 1.54) is 4.90 Å². The molecule has 0 bridgehead atoms. The fourth-order valence-corrected chi connectivity index (χ4v) is 2.29. The van der Waals surface area contributed by atoms with Gasteiger partial charge in [-0.1, -0.05) is 0 Å². The van der Waals surface area contributed by atoms with E-state index in [1.54, 1.807) is 13.8 Å². The Morgan fingerprint density at radius 2 is 2.10 bits per heavy atom. The molecule has 0 radical (unpaired) electrons. The van der Waals surface area contributed by atoms with Crippen molar-refractivity contribution >= 4 is 11.8 Å². The minimum absolute atomic E-state index is 0.0975. The van der Waals surface area contributed by atoms with E-state index in [0.29, 0.717) is 36.6 Å². The number of carbonyl (C=O) groups is 2. The number of aromatic amines is 1. The van der Waals surface area contributed by atoms with Crippen molar-refractivity contribution in [2.75, 3.05) is 19.6 Å². The first kappa shape index (κ1) is 14.2. The monoisotopic (exact) mass is 278 g/mol. The van der Waals surface area contributed by atoms with E-state index < -0.39 is 0 Å². The molecule has 1 aromatic rings. The number of nitrogens with one attached hydrogen (secondary N) is 2. The largest absolute Gasteiger partial charge is 0.353 e. The predicted octanol–water partition coefficient (Wildman–Crippen LogP) is -0.722. The zero-order valence-corrected chi connectivity index (χ0v) is 11.7. The van der Waals surface area contributed by atoms with Gasteiger partial charge < -0.3 is 15.2 Å². The van der Waals surface area contributed by atoms with Crippen LogP contribution in [0.4, 0.5) is 0 Å². The van der Waals surface area contributed by atoms with Crippen molar-refractivity contribution in [1.82, 2.24) is 20.2 Å². The maximum atomic E-state index is 12.0. The summed E-state index contributed by atoms with van der Waals surface area (Å²) < 4.78 is 0. The molecule has 0 saturated carbocycles. The standard InChI is InChI=1S/C13H18N4O3/c1-8-10(13(20)16-9(2)15-8)3-4-12(19)17-6-5-14-11(18)7-17/h3-7H2,1-2H3,(H,14,18)(H,15,16,20). The number of aromatic nitrogens is 2. The zero-order valence-electron chi connectivity index (χ0n) is 11.7. The summed E-state index contributed by atoms with van der Waals surface area (Å²) in [4.78, 5) is 43.4. The second-order valence-electron chi connectivity index (χ2n) is 4.88. The van der Waals surface area contributed by atoms with Crippen molar-refractivity contribution in [2.24, 2.45) is 0 Å². The van der Waals surface area contributed by atoms with Crippen molar-refractivity contribution < 1.29 is 9.59 Å². The van der Waals surface area contributed by atoms with Crippen molar-refractivity contribution in [2.45, 2.75) is 26.7 Å². The third kappa shape index (κ3) is 3.23. The van der Waals surface area contributed by atoms with Crippen LogP contribution in [0.2, 0.25) is 0 Å². The molecule has 1 fully saturated rings. The highest BCUT2D eigenvalue weighted by Gasteiger charge is 2.21. The van der Waals surface area contributed by atoms with Gasteiger partial charge in [-0.25, -0.2) is 4.98 Å². The summed E-state index contributed by atoms with van der Waals surface area (Å²) in [6, 6.07) is 0. The van der Waals surface area contributed by atoms with Crippen LogP contribution in [0.1, 0.15) is 23.5 Å². The van der Waals surface area contributed by atoms with E-state index in [9.17, 15) is 14.4 Å². The van der Waals surface area contributed by atoms with Crippen molar-refractivity contribution in [3.63, 3.8) is 0 Å². The number of H-pyrrole nitrogens is 1. The molecular formula is C13H18N4O3. The van der Waals surface area contributed by atoms with Crippen molar-refractivity contribution in [3.05, 3.63) is 27.4 Å². The highest BCUT2D eigenvalue weighted by Crippen LogP contribution is 2.05. The molecule has 0 atom stereocenters. The maximum absolute atomic E-state index is 12.0. The van der Waals surface area contributed by atoms with E-state index in [4.69, 9.17) is 0 Å². The molecule has 0 spiro atoms. The lowest BCUT2D eigenvalue weighted by Gasteiger charge is -2.26. The third-order valence-electron chi connectivity index (χ3n) is 3.32. The Bertz CT molecular complexity index is 594. The van der Waals surface area contributed by atoms with Crippen LogP contribution in [0.15, 0.2) is 4.79 Å². The Hall–Kier alpha value is -2.18. The van der Waals surface area contributed by atoms with Gasteiger partial charge in [0.25, 0.3) is 5.56 Å². The first-order chi connectivity index (χ1) is 9.47. The molecule has 1 aliphatic rings. The number of piperazine rings is 1. The molecule has 2 rings (SSSR count). The molecule has 108 valence electrons. The molecule has 0 aliphatic carbocycles.